The second-order valence-corrected chi connectivity index (χ2v) is 12.9. The molecule has 1 amide bonds. The predicted octanol–water partition coefficient (Wildman–Crippen LogP) is 5.46. The minimum absolute atomic E-state index is 0.190. The Labute approximate surface area is 258 Å². The summed E-state index contributed by atoms with van der Waals surface area (Å²) in [6.07, 6.45) is 2.62. The standard InChI is InChI=1S/C33H26N6O5S/c1-18-8-10-19(11-9-18)31-29(32(40)35-2)23-12-22(26(14-28(23)44-31)38(3)45(4,41)42)24-16-36-33-30(37-24)27-13-21-20(15-34)6-5-7-25(21)39(27)17-43-33/h5-14,16H,17H2,1-4H3,(H,35,40). The molecule has 11 nitrogen and oxygen atoms in total. The molecule has 12 heteroatoms. The maximum absolute atomic E-state index is 13.3. The molecule has 0 aliphatic carbocycles. The fourth-order valence-corrected chi connectivity index (χ4v) is 6.17. The Morgan fingerprint density at radius 3 is 2.60 bits per heavy atom. The van der Waals surface area contributed by atoms with Gasteiger partial charge in [-0.2, -0.15) is 5.26 Å². The summed E-state index contributed by atoms with van der Waals surface area (Å²) in [6.45, 7) is 2.16. The van der Waals surface area contributed by atoms with Crippen LogP contribution in [0.2, 0.25) is 0 Å². The van der Waals surface area contributed by atoms with E-state index in [2.05, 4.69) is 16.4 Å². The Morgan fingerprint density at radius 2 is 1.89 bits per heavy atom. The van der Waals surface area contributed by atoms with Crippen LogP contribution in [0.5, 0.6) is 5.88 Å². The van der Waals surface area contributed by atoms with Crippen molar-refractivity contribution in [3.05, 3.63) is 83.6 Å². The van der Waals surface area contributed by atoms with E-state index in [9.17, 15) is 18.5 Å². The van der Waals surface area contributed by atoms with Crippen LogP contribution in [0, 0.1) is 18.3 Å². The summed E-state index contributed by atoms with van der Waals surface area (Å²) in [5.74, 6) is 0.308. The lowest BCUT2D eigenvalue weighted by Gasteiger charge is -2.22. The highest BCUT2D eigenvalue weighted by Crippen LogP contribution is 2.43. The van der Waals surface area contributed by atoms with Crippen LogP contribution in [0.3, 0.4) is 0 Å². The largest absolute Gasteiger partial charge is 0.455 e. The van der Waals surface area contributed by atoms with Gasteiger partial charge in [-0.1, -0.05) is 35.9 Å². The molecule has 1 aliphatic heterocycles. The van der Waals surface area contributed by atoms with Crippen molar-refractivity contribution in [3.63, 3.8) is 0 Å². The van der Waals surface area contributed by atoms with Crippen LogP contribution >= 0.6 is 0 Å². The average Bonchev–Trinajstić information content (AvgIpc) is 3.61. The minimum Gasteiger partial charge on any atom is -0.455 e. The number of nitrogens with zero attached hydrogens (tertiary/aromatic N) is 5. The zero-order valence-corrected chi connectivity index (χ0v) is 25.6. The van der Waals surface area contributed by atoms with Crippen LogP contribution in [0.1, 0.15) is 21.5 Å². The molecule has 224 valence electrons. The highest BCUT2D eigenvalue weighted by molar-refractivity contribution is 7.92. The predicted molar refractivity (Wildman–Crippen MR) is 170 cm³/mol. The maximum Gasteiger partial charge on any atom is 0.255 e. The van der Waals surface area contributed by atoms with Crippen LogP contribution in [-0.2, 0) is 16.8 Å². The van der Waals surface area contributed by atoms with E-state index in [-0.39, 0.29) is 18.3 Å². The smallest absolute Gasteiger partial charge is 0.255 e. The summed E-state index contributed by atoms with van der Waals surface area (Å²) in [6, 6.07) is 20.5. The van der Waals surface area contributed by atoms with Gasteiger partial charge >= 0.3 is 0 Å². The van der Waals surface area contributed by atoms with Gasteiger partial charge in [0.15, 0.2) is 6.73 Å². The molecule has 0 atom stereocenters. The lowest BCUT2D eigenvalue weighted by Crippen LogP contribution is -2.25. The summed E-state index contributed by atoms with van der Waals surface area (Å²) in [4.78, 5) is 22.8. The molecule has 3 aromatic carbocycles. The molecule has 0 unspecified atom stereocenters. The Kier molecular flexibility index (Phi) is 6.38. The highest BCUT2D eigenvalue weighted by Gasteiger charge is 2.28. The number of carbonyl (C=O) groups excluding carboxylic acids is 1. The number of nitriles is 1. The number of furan rings is 1. The fraction of sp³-hybridized carbons (Fsp3) is 0.152. The van der Waals surface area contributed by atoms with Crippen molar-refractivity contribution in [2.45, 2.75) is 13.7 Å². The van der Waals surface area contributed by atoms with Gasteiger partial charge in [0.1, 0.15) is 17.0 Å². The number of carbonyl (C=O) groups is 1. The summed E-state index contributed by atoms with van der Waals surface area (Å²) in [5, 5.41) is 13.6. The number of hydrogen-bond acceptors (Lipinski definition) is 8. The third-order valence-electron chi connectivity index (χ3n) is 8.06. The summed E-state index contributed by atoms with van der Waals surface area (Å²) in [7, 11) is -0.738. The topological polar surface area (TPSA) is 143 Å². The van der Waals surface area contributed by atoms with Crippen molar-refractivity contribution in [2.75, 3.05) is 24.7 Å². The van der Waals surface area contributed by atoms with Gasteiger partial charge in [0, 0.05) is 42.1 Å². The van der Waals surface area contributed by atoms with Crippen LogP contribution in [-0.4, -0.2) is 49.2 Å². The molecule has 1 aliphatic rings. The summed E-state index contributed by atoms with van der Waals surface area (Å²) < 4.78 is 40.9. The van der Waals surface area contributed by atoms with Crippen molar-refractivity contribution in [1.29, 1.82) is 5.26 Å². The van der Waals surface area contributed by atoms with E-state index in [0.717, 1.165) is 27.0 Å². The van der Waals surface area contributed by atoms with E-state index in [0.29, 0.717) is 61.9 Å². The third kappa shape index (κ3) is 4.47. The first-order chi connectivity index (χ1) is 21.6. The maximum atomic E-state index is 13.3. The van der Waals surface area contributed by atoms with Crippen molar-refractivity contribution < 1.29 is 22.4 Å². The second-order valence-electron chi connectivity index (χ2n) is 10.8. The lowest BCUT2D eigenvalue weighted by molar-refractivity contribution is 0.0964. The molecule has 1 N–H and O–H groups in total. The first-order valence-electron chi connectivity index (χ1n) is 14.0. The van der Waals surface area contributed by atoms with E-state index < -0.39 is 10.0 Å². The Hall–Kier alpha value is -5.67. The number of anilines is 1. The van der Waals surface area contributed by atoms with Gasteiger partial charge in [0.05, 0.1) is 52.2 Å². The van der Waals surface area contributed by atoms with Crippen LogP contribution in [0.15, 0.2) is 71.3 Å². The molecule has 0 radical (unpaired) electrons. The summed E-state index contributed by atoms with van der Waals surface area (Å²) >= 11 is 0. The molecule has 0 saturated carbocycles. The molecular weight excluding hydrogens is 592 g/mol. The lowest BCUT2D eigenvalue weighted by atomic mass is 10.0. The molecule has 0 fully saturated rings. The Morgan fingerprint density at radius 1 is 1.11 bits per heavy atom. The molecule has 7 rings (SSSR count). The monoisotopic (exact) mass is 618 g/mol. The molecule has 0 bridgehead atoms. The molecule has 0 spiro atoms. The zero-order chi connectivity index (χ0) is 31.6. The van der Waals surface area contributed by atoms with Crippen molar-refractivity contribution in [2.24, 2.45) is 0 Å². The normalized spacial score (nSPS) is 12.3. The van der Waals surface area contributed by atoms with Crippen molar-refractivity contribution in [3.8, 4) is 45.9 Å². The summed E-state index contributed by atoms with van der Waals surface area (Å²) in [5.41, 5.74) is 5.93. The molecule has 3 aromatic heterocycles. The van der Waals surface area contributed by atoms with Gasteiger partial charge in [-0.3, -0.25) is 9.10 Å². The van der Waals surface area contributed by atoms with E-state index >= 15 is 0 Å². The van der Waals surface area contributed by atoms with Crippen LogP contribution < -0.4 is 14.4 Å². The number of nitrogens with one attached hydrogen (secondary N) is 1. The number of sulfonamides is 1. The highest BCUT2D eigenvalue weighted by atomic mass is 32.2. The number of fused-ring (bicyclic) bond motifs is 6. The molecule has 0 saturated heterocycles. The minimum atomic E-state index is -3.72. The fourth-order valence-electron chi connectivity index (χ4n) is 5.66. The average molecular weight is 619 g/mol. The van der Waals surface area contributed by atoms with Gasteiger partial charge in [-0.15, -0.1) is 0 Å². The zero-order valence-electron chi connectivity index (χ0n) is 24.7. The van der Waals surface area contributed by atoms with Crippen LogP contribution in [0.25, 0.3) is 55.8 Å². The first kappa shape index (κ1) is 28.1. The Balaban J connectivity index is 1.49. The number of hydrogen-bond donors (Lipinski definition) is 1. The molecule has 4 heterocycles. The second kappa shape index (κ2) is 10.2. The Bertz CT molecular complexity index is 2350. The van der Waals surface area contributed by atoms with E-state index in [1.807, 2.05) is 54.0 Å². The van der Waals surface area contributed by atoms with Gasteiger partial charge in [-0.05, 0) is 31.2 Å². The molecular formula is C33H26N6O5S. The van der Waals surface area contributed by atoms with Gasteiger partial charge in [0.2, 0.25) is 15.9 Å². The van der Waals surface area contributed by atoms with Gasteiger partial charge in [-0.25, -0.2) is 18.4 Å². The van der Waals surface area contributed by atoms with Gasteiger partial charge < -0.3 is 19.0 Å². The number of rotatable bonds is 5. The van der Waals surface area contributed by atoms with E-state index in [4.69, 9.17) is 14.1 Å². The quantitative estimate of drug-likeness (QED) is 0.268. The van der Waals surface area contributed by atoms with Crippen molar-refractivity contribution in [1.82, 2.24) is 19.9 Å². The number of aryl methyl sites for hydroxylation is 1. The number of aromatic nitrogens is 3. The SMILES string of the molecule is CNC(=O)c1c(-c2ccc(C)cc2)oc2cc(N(C)S(C)(=O)=O)c(-c3cnc4c(n3)-c3cc5c(C#N)cccc5n3CO4)cc12. The van der Waals surface area contributed by atoms with Crippen LogP contribution in [0.4, 0.5) is 5.69 Å². The van der Waals surface area contributed by atoms with E-state index in [1.54, 1.807) is 25.2 Å². The first-order valence-corrected chi connectivity index (χ1v) is 15.8. The number of benzene rings is 3. The van der Waals surface area contributed by atoms with E-state index in [1.165, 1.54) is 13.2 Å². The molecule has 45 heavy (non-hydrogen) atoms. The number of ether oxygens (including phenoxy) is 1. The third-order valence-corrected chi connectivity index (χ3v) is 9.26. The number of amides is 1. The molecule has 6 aromatic rings. The van der Waals surface area contributed by atoms with Crippen molar-refractivity contribution >= 4 is 43.5 Å². The van der Waals surface area contributed by atoms with Gasteiger partial charge in [0.25, 0.3) is 5.91 Å².